The van der Waals surface area contributed by atoms with Gasteiger partial charge in [-0.1, -0.05) is 282 Å². The highest BCUT2D eigenvalue weighted by Gasteiger charge is 2.19. The molecule has 1 unspecified atom stereocenters. The number of hydrogen-bond acceptors (Lipinski definition) is 6. The van der Waals surface area contributed by atoms with Gasteiger partial charge in [0.05, 0.1) is 0 Å². The van der Waals surface area contributed by atoms with E-state index in [1.165, 1.54) is 122 Å². The van der Waals surface area contributed by atoms with E-state index in [1.54, 1.807) is 0 Å². The van der Waals surface area contributed by atoms with Crippen LogP contribution >= 0.6 is 0 Å². The maximum absolute atomic E-state index is 12.9. The first-order chi connectivity index (χ1) is 41.0. The molecule has 6 heteroatoms. The molecule has 0 N–H and O–H groups in total. The van der Waals surface area contributed by atoms with Gasteiger partial charge in [0.2, 0.25) is 0 Å². The highest BCUT2D eigenvalue weighted by Crippen LogP contribution is 2.15. The van der Waals surface area contributed by atoms with Gasteiger partial charge in [-0.3, -0.25) is 14.4 Å². The molecule has 0 fully saturated rings. The summed E-state index contributed by atoms with van der Waals surface area (Å²) < 4.78 is 16.9. The summed E-state index contributed by atoms with van der Waals surface area (Å²) in [6.45, 7) is 6.46. The van der Waals surface area contributed by atoms with Gasteiger partial charge in [0, 0.05) is 19.3 Å². The molecule has 0 radical (unpaired) electrons. The normalized spacial score (nSPS) is 13.0. The van der Waals surface area contributed by atoms with Gasteiger partial charge in [0.25, 0.3) is 0 Å². The van der Waals surface area contributed by atoms with Crippen LogP contribution in [0.25, 0.3) is 0 Å². The van der Waals surface area contributed by atoms with Crippen LogP contribution in [0.3, 0.4) is 0 Å². The molecule has 470 valence electrons. The number of ether oxygens (including phenoxy) is 3. The number of rotatable bonds is 61. The van der Waals surface area contributed by atoms with Gasteiger partial charge < -0.3 is 14.2 Å². The van der Waals surface area contributed by atoms with Crippen LogP contribution in [0.2, 0.25) is 0 Å². The lowest BCUT2D eigenvalue weighted by atomic mass is 10.1. The van der Waals surface area contributed by atoms with Crippen molar-refractivity contribution >= 4 is 17.9 Å². The van der Waals surface area contributed by atoms with Crippen molar-refractivity contribution in [1.29, 1.82) is 0 Å². The Balaban J connectivity index is 4.45. The molecule has 0 heterocycles. The van der Waals surface area contributed by atoms with E-state index in [2.05, 4.69) is 167 Å². The van der Waals surface area contributed by atoms with Crippen LogP contribution in [-0.2, 0) is 28.6 Å². The summed E-state index contributed by atoms with van der Waals surface area (Å²) in [7, 11) is 0. The smallest absolute Gasteiger partial charge is 0.306 e. The van der Waals surface area contributed by atoms with Crippen molar-refractivity contribution in [3.05, 3.63) is 146 Å². The van der Waals surface area contributed by atoms with Gasteiger partial charge in [-0.2, -0.15) is 0 Å². The largest absolute Gasteiger partial charge is 0.462 e. The van der Waals surface area contributed by atoms with E-state index in [9.17, 15) is 14.4 Å². The molecule has 0 amide bonds. The minimum Gasteiger partial charge on any atom is -0.462 e. The molecule has 0 rings (SSSR count). The molecule has 0 aromatic rings. The van der Waals surface area contributed by atoms with Gasteiger partial charge >= 0.3 is 17.9 Å². The predicted molar refractivity (Wildman–Crippen MR) is 362 cm³/mol. The molecule has 6 nitrogen and oxygen atoms in total. The average molecular weight is 1150 g/mol. The summed E-state index contributed by atoms with van der Waals surface area (Å²) >= 11 is 0. The van der Waals surface area contributed by atoms with E-state index in [0.717, 1.165) is 141 Å². The van der Waals surface area contributed by atoms with Crippen molar-refractivity contribution in [2.45, 2.75) is 309 Å². The lowest BCUT2D eigenvalue weighted by molar-refractivity contribution is -0.167. The highest BCUT2D eigenvalue weighted by atomic mass is 16.6. The van der Waals surface area contributed by atoms with Crippen molar-refractivity contribution in [2.75, 3.05) is 13.2 Å². The summed E-state index contributed by atoms with van der Waals surface area (Å²) in [5.41, 5.74) is 0. The van der Waals surface area contributed by atoms with Gasteiger partial charge in [-0.05, 0) is 148 Å². The van der Waals surface area contributed by atoms with Crippen molar-refractivity contribution in [2.24, 2.45) is 0 Å². The van der Waals surface area contributed by atoms with Crippen molar-refractivity contribution in [3.8, 4) is 0 Å². The highest BCUT2D eigenvalue weighted by molar-refractivity contribution is 5.71. The van der Waals surface area contributed by atoms with E-state index < -0.39 is 6.10 Å². The Morgan fingerprint density at radius 3 is 0.735 bits per heavy atom. The molecule has 0 saturated heterocycles. The van der Waals surface area contributed by atoms with Crippen LogP contribution in [0.1, 0.15) is 303 Å². The fraction of sp³-hybridized carbons (Fsp3) is 0.649. The van der Waals surface area contributed by atoms with Gasteiger partial charge in [-0.25, -0.2) is 0 Å². The van der Waals surface area contributed by atoms with Crippen molar-refractivity contribution < 1.29 is 28.6 Å². The summed E-state index contributed by atoms with van der Waals surface area (Å²) in [4.78, 5) is 38.4. The van der Waals surface area contributed by atoms with Crippen molar-refractivity contribution in [1.82, 2.24) is 0 Å². The van der Waals surface area contributed by atoms with Crippen LogP contribution < -0.4 is 0 Å². The first kappa shape index (κ1) is 78.3. The molecule has 0 aliphatic carbocycles. The van der Waals surface area contributed by atoms with Crippen LogP contribution in [0.5, 0.6) is 0 Å². The summed E-state index contributed by atoms with van der Waals surface area (Å²) in [6.07, 6.45) is 99.9. The zero-order valence-corrected chi connectivity index (χ0v) is 53.9. The summed E-state index contributed by atoms with van der Waals surface area (Å²) in [5, 5.41) is 0. The minimum atomic E-state index is -0.803. The van der Waals surface area contributed by atoms with Crippen LogP contribution in [0, 0.1) is 0 Å². The molecule has 0 spiro atoms. The van der Waals surface area contributed by atoms with E-state index in [0.29, 0.717) is 19.3 Å². The second-order valence-electron chi connectivity index (χ2n) is 22.3. The van der Waals surface area contributed by atoms with Gasteiger partial charge in [0.15, 0.2) is 6.10 Å². The Morgan fingerprint density at radius 1 is 0.253 bits per heavy atom. The molecular weight excluding hydrogens is 1020 g/mol. The summed E-state index contributed by atoms with van der Waals surface area (Å²) in [5.74, 6) is -0.929. The third kappa shape index (κ3) is 68.0. The lowest BCUT2D eigenvalue weighted by Gasteiger charge is -2.18. The number of carbonyl (C=O) groups is 3. The zero-order valence-electron chi connectivity index (χ0n) is 53.9. The molecule has 1 atom stereocenters. The van der Waals surface area contributed by atoms with E-state index in [1.807, 2.05) is 0 Å². The SMILES string of the molecule is CC/C=C\C/C=C\C/C=C\C/C=C\C/C=C\C/C=C\C/C=C\C/C=C\CCCCCCC(=O)OCC(COC(=O)CCCCCCCCC/C=C\C/C=C\CCCCC)OC(=O)CCCCCCCCCCC/C=C\C/C=C\CCCCC. The average Bonchev–Trinajstić information content (AvgIpc) is 3.49. The fourth-order valence-electron chi connectivity index (χ4n) is 9.17. The quantitative estimate of drug-likeness (QED) is 0.0261. The molecule has 0 aliphatic rings. The molecule has 0 aliphatic heterocycles. The van der Waals surface area contributed by atoms with E-state index in [4.69, 9.17) is 14.2 Å². The number of unbranched alkanes of at least 4 members (excludes halogenated alkanes) is 26. The molecule has 83 heavy (non-hydrogen) atoms. The maximum Gasteiger partial charge on any atom is 0.306 e. The number of hydrogen-bond donors (Lipinski definition) is 0. The number of allylic oxidation sites excluding steroid dienone is 24. The topological polar surface area (TPSA) is 78.9 Å². The Morgan fingerprint density at radius 2 is 0.470 bits per heavy atom. The fourth-order valence-corrected chi connectivity index (χ4v) is 9.17. The Bertz CT molecular complexity index is 1800. The van der Waals surface area contributed by atoms with Gasteiger partial charge in [0.1, 0.15) is 13.2 Å². The number of carbonyl (C=O) groups excluding carboxylic acids is 3. The molecular formula is C77H126O6. The second kappa shape index (κ2) is 69.8. The Labute approximate surface area is 512 Å². The van der Waals surface area contributed by atoms with Gasteiger partial charge in [-0.15, -0.1) is 0 Å². The van der Waals surface area contributed by atoms with Crippen molar-refractivity contribution in [3.63, 3.8) is 0 Å². The Hall–Kier alpha value is -4.71. The van der Waals surface area contributed by atoms with E-state index in [-0.39, 0.29) is 31.1 Å². The Kier molecular flexibility index (Phi) is 65.8. The lowest BCUT2D eigenvalue weighted by Crippen LogP contribution is -2.30. The summed E-state index contributed by atoms with van der Waals surface area (Å²) in [6, 6.07) is 0. The maximum atomic E-state index is 12.9. The third-order valence-corrected chi connectivity index (χ3v) is 14.3. The number of esters is 3. The third-order valence-electron chi connectivity index (χ3n) is 14.3. The van der Waals surface area contributed by atoms with E-state index >= 15 is 0 Å². The molecule has 0 bridgehead atoms. The minimum absolute atomic E-state index is 0.0961. The van der Waals surface area contributed by atoms with Crippen LogP contribution in [-0.4, -0.2) is 37.2 Å². The molecule has 0 aromatic heterocycles. The first-order valence-electron chi connectivity index (χ1n) is 34.3. The molecule has 0 saturated carbocycles. The second-order valence-corrected chi connectivity index (χ2v) is 22.3. The zero-order chi connectivity index (χ0) is 59.9. The van der Waals surface area contributed by atoms with Crippen LogP contribution in [0.15, 0.2) is 146 Å². The first-order valence-corrected chi connectivity index (χ1v) is 34.3. The monoisotopic (exact) mass is 1150 g/mol. The standard InChI is InChI=1S/C77H126O6/c1-4-7-10-13-16-19-22-25-28-31-33-34-35-36-37-38-39-40-41-42-44-46-49-52-55-58-61-64-67-70-76(79)82-73-74(72-81-75(78)69-66-63-60-57-54-51-48-45-30-27-24-21-18-15-12-9-6-3)83-77(80)71-68-65-62-59-56-53-50-47-43-32-29-26-23-20-17-14-11-8-5-2/h7,10,16-21,25-30,33-34,36-37,39-40,42,44,49,52,74H,4-6,8-9,11-15,22-24,31-32,35,38,41,43,45-48,50-51,53-73H2,1-3H3/b10-7-,19-16-,20-17-,21-18-,28-25-,29-26-,30-27-,34-33-,37-36-,40-39-,44-42-,52-49-. The predicted octanol–water partition coefficient (Wildman–Crippen LogP) is 23.9. The molecule has 0 aromatic carbocycles. The van der Waals surface area contributed by atoms with Crippen LogP contribution in [0.4, 0.5) is 0 Å².